The quantitative estimate of drug-likeness (QED) is 0.711. The molecule has 1 aromatic rings. The first-order chi connectivity index (χ1) is 11.1. The summed E-state index contributed by atoms with van der Waals surface area (Å²) in [6.07, 6.45) is 3.09. The minimum Gasteiger partial charge on any atom is -0.478 e. The molecule has 6 nitrogen and oxygen atoms in total. The Hall–Kier alpha value is -1.92. The summed E-state index contributed by atoms with van der Waals surface area (Å²) in [4.78, 5) is 22.7. The molecule has 0 unspecified atom stereocenters. The van der Waals surface area contributed by atoms with Crippen LogP contribution in [0.3, 0.4) is 0 Å². The normalized spacial score (nSPS) is 15.3. The van der Waals surface area contributed by atoms with Gasteiger partial charge in [0, 0.05) is 26.4 Å². The molecule has 1 aliphatic heterocycles. The molecule has 1 amide bonds. The van der Waals surface area contributed by atoms with Crippen molar-refractivity contribution in [2.75, 3.05) is 26.4 Å². The van der Waals surface area contributed by atoms with Crippen molar-refractivity contribution in [3.8, 4) is 0 Å². The number of hydrogen-bond donors (Lipinski definition) is 2. The zero-order valence-corrected chi connectivity index (χ0v) is 13.1. The highest BCUT2D eigenvalue weighted by molar-refractivity contribution is 5.88. The Balaban J connectivity index is 1.61. The molecule has 1 saturated heterocycles. The van der Waals surface area contributed by atoms with Crippen LogP contribution < -0.4 is 5.32 Å². The van der Waals surface area contributed by atoms with E-state index in [0.29, 0.717) is 18.7 Å². The molecule has 1 heterocycles. The van der Waals surface area contributed by atoms with Crippen LogP contribution in [0.25, 0.3) is 0 Å². The van der Waals surface area contributed by atoms with Gasteiger partial charge in [-0.05, 0) is 37.0 Å². The van der Waals surface area contributed by atoms with Gasteiger partial charge >= 0.3 is 5.97 Å². The number of nitrogens with one attached hydrogen (secondary N) is 1. The maximum Gasteiger partial charge on any atom is 0.335 e. The molecule has 0 bridgehead atoms. The number of carboxylic acid groups (broad SMARTS) is 1. The summed E-state index contributed by atoms with van der Waals surface area (Å²) in [6.45, 7) is 2.70. The van der Waals surface area contributed by atoms with E-state index >= 15 is 0 Å². The van der Waals surface area contributed by atoms with Crippen LogP contribution in [0.5, 0.6) is 0 Å². The Morgan fingerprint density at radius 3 is 2.83 bits per heavy atom. The fourth-order valence-corrected chi connectivity index (χ4v) is 2.45. The van der Waals surface area contributed by atoms with Crippen molar-refractivity contribution >= 4 is 11.9 Å². The molecule has 6 heteroatoms. The van der Waals surface area contributed by atoms with Crippen LogP contribution >= 0.6 is 0 Å². The molecule has 126 valence electrons. The smallest absolute Gasteiger partial charge is 0.335 e. The van der Waals surface area contributed by atoms with Gasteiger partial charge in [-0.1, -0.05) is 12.1 Å². The van der Waals surface area contributed by atoms with Crippen LogP contribution in [0, 0.1) is 0 Å². The average Bonchev–Trinajstić information content (AvgIpc) is 2.55. The number of ether oxygens (including phenoxy) is 2. The Kier molecular flexibility index (Phi) is 7.03. The van der Waals surface area contributed by atoms with Crippen LogP contribution in [-0.2, 0) is 20.7 Å². The Morgan fingerprint density at radius 2 is 2.09 bits per heavy atom. The second-order valence-electron chi connectivity index (χ2n) is 5.57. The summed E-state index contributed by atoms with van der Waals surface area (Å²) in [5, 5.41) is 11.8. The molecule has 23 heavy (non-hydrogen) atoms. The van der Waals surface area contributed by atoms with Gasteiger partial charge in [0.2, 0.25) is 5.91 Å². The third kappa shape index (κ3) is 6.38. The SMILES string of the molecule is O=C(Cc1cccc(C(=O)O)c1)NCCCOC1CCOCC1. The fraction of sp³-hybridized carbons (Fsp3) is 0.529. The van der Waals surface area contributed by atoms with E-state index in [1.54, 1.807) is 12.1 Å². The van der Waals surface area contributed by atoms with Gasteiger partial charge in [0.1, 0.15) is 0 Å². The van der Waals surface area contributed by atoms with Crippen molar-refractivity contribution in [3.63, 3.8) is 0 Å². The molecule has 0 saturated carbocycles. The maximum atomic E-state index is 11.8. The molecule has 2 N–H and O–H groups in total. The number of amides is 1. The zero-order valence-electron chi connectivity index (χ0n) is 13.1. The molecule has 0 spiro atoms. The van der Waals surface area contributed by atoms with E-state index in [1.165, 1.54) is 12.1 Å². The third-order valence-corrected chi connectivity index (χ3v) is 3.70. The Labute approximate surface area is 135 Å². The van der Waals surface area contributed by atoms with Crippen LogP contribution in [-0.4, -0.2) is 49.5 Å². The van der Waals surface area contributed by atoms with E-state index < -0.39 is 5.97 Å². The van der Waals surface area contributed by atoms with Crippen LogP contribution in [0.15, 0.2) is 24.3 Å². The number of carbonyl (C=O) groups excluding carboxylic acids is 1. The van der Waals surface area contributed by atoms with Gasteiger partial charge in [0.25, 0.3) is 0 Å². The van der Waals surface area contributed by atoms with Crippen molar-refractivity contribution < 1.29 is 24.2 Å². The first-order valence-electron chi connectivity index (χ1n) is 7.93. The van der Waals surface area contributed by atoms with E-state index in [4.69, 9.17) is 14.6 Å². The van der Waals surface area contributed by atoms with E-state index in [9.17, 15) is 9.59 Å². The largest absolute Gasteiger partial charge is 0.478 e. The van der Waals surface area contributed by atoms with Crippen LogP contribution in [0.4, 0.5) is 0 Å². The lowest BCUT2D eigenvalue weighted by atomic mass is 10.1. The first-order valence-corrected chi connectivity index (χ1v) is 7.93. The minimum absolute atomic E-state index is 0.112. The topological polar surface area (TPSA) is 84.9 Å². The van der Waals surface area contributed by atoms with Crippen molar-refractivity contribution in [1.29, 1.82) is 0 Å². The predicted octanol–water partition coefficient (Wildman–Crippen LogP) is 1.63. The van der Waals surface area contributed by atoms with E-state index in [-0.39, 0.29) is 24.0 Å². The number of carboxylic acids is 1. The Bertz CT molecular complexity index is 525. The lowest BCUT2D eigenvalue weighted by molar-refractivity contribution is -0.120. The lowest BCUT2D eigenvalue weighted by Gasteiger charge is -2.22. The standard InChI is InChI=1S/C17H23NO5/c19-16(12-13-3-1-4-14(11-13)17(20)21)18-7-2-8-23-15-5-9-22-10-6-15/h1,3-4,11,15H,2,5-10,12H2,(H,18,19)(H,20,21). The number of hydrogen-bond acceptors (Lipinski definition) is 4. The number of benzene rings is 1. The Morgan fingerprint density at radius 1 is 1.30 bits per heavy atom. The van der Waals surface area contributed by atoms with Crippen molar-refractivity contribution in [1.82, 2.24) is 5.32 Å². The van der Waals surface area contributed by atoms with Crippen LogP contribution in [0.2, 0.25) is 0 Å². The highest BCUT2D eigenvalue weighted by Gasteiger charge is 2.13. The maximum absolute atomic E-state index is 11.8. The molecule has 1 aromatic carbocycles. The summed E-state index contributed by atoms with van der Waals surface area (Å²) in [5.74, 6) is -1.10. The monoisotopic (exact) mass is 321 g/mol. The summed E-state index contributed by atoms with van der Waals surface area (Å²) < 4.78 is 11.0. The van der Waals surface area contributed by atoms with Crippen LogP contribution in [0.1, 0.15) is 35.2 Å². The van der Waals surface area contributed by atoms with Gasteiger partial charge in [0.15, 0.2) is 0 Å². The number of carbonyl (C=O) groups is 2. The molecule has 1 fully saturated rings. The minimum atomic E-state index is -0.988. The summed E-state index contributed by atoms with van der Waals surface area (Å²) in [6, 6.07) is 6.43. The van der Waals surface area contributed by atoms with Crippen molar-refractivity contribution in [2.24, 2.45) is 0 Å². The highest BCUT2D eigenvalue weighted by Crippen LogP contribution is 2.10. The number of aromatic carboxylic acids is 1. The van der Waals surface area contributed by atoms with Gasteiger partial charge in [-0.25, -0.2) is 4.79 Å². The molecular formula is C17H23NO5. The molecule has 0 aliphatic carbocycles. The second-order valence-corrected chi connectivity index (χ2v) is 5.57. The van der Waals surface area contributed by atoms with Crippen molar-refractivity contribution in [3.05, 3.63) is 35.4 Å². The van der Waals surface area contributed by atoms with E-state index in [1.807, 2.05) is 0 Å². The number of rotatable bonds is 8. The van der Waals surface area contributed by atoms with E-state index in [0.717, 1.165) is 32.5 Å². The predicted molar refractivity (Wildman–Crippen MR) is 84.5 cm³/mol. The zero-order chi connectivity index (χ0) is 16.5. The van der Waals surface area contributed by atoms with Gasteiger partial charge < -0.3 is 19.9 Å². The highest BCUT2D eigenvalue weighted by atomic mass is 16.5. The average molecular weight is 321 g/mol. The molecule has 2 rings (SSSR count). The molecule has 0 radical (unpaired) electrons. The van der Waals surface area contributed by atoms with Gasteiger partial charge in [-0.3, -0.25) is 4.79 Å². The fourth-order valence-electron chi connectivity index (χ4n) is 2.45. The second kappa shape index (κ2) is 9.27. The molecule has 0 aromatic heterocycles. The van der Waals surface area contributed by atoms with Gasteiger partial charge in [0.05, 0.1) is 18.1 Å². The van der Waals surface area contributed by atoms with Gasteiger partial charge in [-0.15, -0.1) is 0 Å². The summed E-state index contributed by atoms with van der Waals surface area (Å²) >= 11 is 0. The molecular weight excluding hydrogens is 298 g/mol. The summed E-state index contributed by atoms with van der Waals surface area (Å²) in [5.41, 5.74) is 0.890. The summed E-state index contributed by atoms with van der Waals surface area (Å²) in [7, 11) is 0. The third-order valence-electron chi connectivity index (χ3n) is 3.70. The van der Waals surface area contributed by atoms with Crippen molar-refractivity contribution in [2.45, 2.75) is 31.8 Å². The molecule has 1 aliphatic rings. The molecule has 0 atom stereocenters. The van der Waals surface area contributed by atoms with Gasteiger partial charge in [-0.2, -0.15) is 0 Å². The lowest BCUT2D eigenvalue weighted by Crippen LogP contribution is -2.28. The van der Waals surface area contributed by atoms with E-state index in [2.05, 4.69) is 5.32 Å². The first kappa shape index (κ1) is 17.4.